The molecule has 0 amide bonds. The van der Waals surface area contributed by atoms with E-state index in [0.29, 0.717) is 41.5 Å². The standard InChI is InChI=1S/C30H40ClF3N4O2/c1-29(18-9-11-40-12-10-18,25(16-36-2)38(3)35)26-20-14-22-24(15-21(20)26)37-28(39-4)23(27(22)31)13-17-5-7-19(8-6-17)30(32,33)34/h5,7,14-16,18,20-21,26,28,36-37H,6,8-13,35H2,1-4H3/b25-16-. The number of nitrogens with one attached hydrogen (secondary N) is 2. The molecule has 6 nitrogen and oxygen atoms in total. The molecule has 0 aromatic carbocycles. The summed E-state index contributed by atoms with van der Waals surface area (Å²) >= 11 is 7.07. The minimum Gasteiger partial charge on any atom is -0.393 e. The molecule has 0 spiro atoms. The Kier molecular flexibility index (Phi) is 8.23. The topological polar surface area (TPSA) is 71.8 Å². The van der Waals surface area contributed by atoms with Crippen molar-refractivity contribution < 1.29 is 22.6 Å². The van der Waals surface area contributed by atoms with Crippen LogP contribution in [0, 0.1) is 29.1 Å². The van der Waals surface area contributed by atoms with Gasteiger partial charge in [-0.15, -0.1) is 0 Å². The largest absolute Gasteiger partial charge is 0.412 e. The Hall–Kier alpha value is -2.20. The molecule has 2 fully saturated rings. The molecule has 40 heavy (non-hydrogen) atoms. The number of hydrogen-bond donors (Lipinski definition) is 3. The fourth-order valence-electron chi connectivity index (χ4n) is 7.39. The van der Waals surface area contributed by atoms with Crippen molar-refractivity contribution in [3.8, 4) is 0 Å². The van der Waals surface area contributed by atoms with Crippen LogP contribution in [0.5, 0.6) is 0 Å². The highest BCUT2D eigenvalue weighted by molar-refractivity contribution is 6.33. The van der Waals surface area contributed by atoms with Crippen LogP contribution in [0.4, 0.5) is 13.2 Å². The Morgan fingerprint density at radius 2 is 1.93 bits per heavy atom. The van der Waals surface area contributed by atoms with Crippen molar-refractivity contribution in [1.82, 2.24) is 15.6 Å². The first-order valence-electron chi connectivity index (χ1n) is 14.0. The summed E-state index contributed by atoms with van der Waals surface area (Å²) in [6.07, 6.45) is 7.38. The van der Waals surface area contributed by atoms with E-state index in [1.54, 1.807) is 18.2 Å². The Bertz CT molecular complexity index is 1200. The van der Waals surface area contributed by atoms with Gasteiger partial charge in [0.1, 0.15) is 0 Å². The van der Waals surface area contributed by atoms with Crippen LogP contribution >= 0.6 is 11.6 Å². The molecule has 1 saturated carbocycles. The molecule has 5 unspecified atom stereocenters. The number of nitrogens with zero attached hydrogens (tertiary/aromatic N) is 1. The maximum atomic E-state index is 13.1. The monoisotopic (exact) mass is 580 g/mol. The number of nitrogens with two attached hydrogens (primary N) is 1. The molecule has 0 aromatic rings. The minimum atomic E-state index is -4.29. The van der Waals surface area contributed by atoms with Gasteiger partial charge >= 0.3 is 6.18 Å². The number of allylic oxidation sites excluding steroid dienone is 8. The van der Waals surface area contributed by atoms with Crippen LogP contribution in [-0.2, 0) is 9.47 Å². The number of hydrazine groups is 1. The molecule has 220 valence electrons. The molecule has 4 N–H and O–H groups in total. The second-order valence-corrected chi connectivity index (χ2v) is 12.1. The summed E-state index contributed by atoms with van der Waals surface area (Å²) in [5, 5.41) is 9.09. The summed E-state index contributed by atoms with van der Waals surface area (Å²) in [6, 6.07) is 0. The highest BCUT2D eigenvalue weighted by atomic mass is 35.5. The fourth-order valence-corrected chi connectivity index (χ4v) is 7.72. The molecule has 0 bridgehead atoms. The van der Waals surface area contributed by atoms with Crippen LogP contribution in [0.2, 0.25) is 0 Å². The first-order chi connectivity index (χ1) is 19.0. The van der Waals surface area contributed by atoms with E-state index < -0.39 is 18.0 Å². The first kappa shape index (κ1) is 29.3. The van der Waals surface area contributed by atoms with Gasteiger partial charge in [0.25, 0.3) is 0 Å². The lowest BCUT2D eigenvalue weighted by Gasteiger charge is -2.44. The van der Waals surface area contributed by atoms with Gasteiger partial charge in [-0.05, 0) is 55.8 Å². The lowest BCUT2D eigenvalue weighted by molar-refractivity contribution is -0.0941. The van der Waals surface area contributed by atoms with Crippen molar-refractivity contribution >= 4 is 11.6 Å². The maximum absolute atomic E-state index is 13.1. The zero-order valence-corrected chi connectivity index (χ0v) is 24.3. The highest BCUT2D eigenvalue weighted by Crippen LogP contribution is 2.66. The zero-order chi connectivity index (χ0) is 28.8. The van der Waals surface area contributed by atoms with E-state index >= 15 is 0 Å². The van der Waals surface area contributed by atoms with Gasteiger partial charge in [-0.2, -0.15) is 13.2 Å². The van der Waals surface area contributed by atoms with Gasteiger partial charge in [0.2, 0.25) is 0 Å². The van der Waals surface area contributed by atoms with Crippen LogP contribution in [0.3, 0.4) is 0 Å². The summed E-state index contributed by atoms with van der Waals surface area (Å²) in [5.74, 6) is 7.79. The smallest absolute Gasteiger partial charge is 0.393 e. The molecule has 5 aliphatic rings. The number of alkyl halides is 3. The SMILES string of the molecule is CN/C=C(\N(C)N)C(C)(C1CCOCC1)C1C2C=C3NC(OC)C(CC4=CC=C(C(F)(F)F)CC4)=C(Cl)C3=CC21. The van der Waals surface area contributed by atoms with Crippen molar-refractivity contribution in [3.63, 3.8) is 0 Å². The fraction of sp³-hybridized carbons (Fsp3) is 0.600. The van der Waals surface area contributed by atoms with Gasteiger partial charge in [-0.3, -0.25) is 0 Å². The molecule has 0 aromatic heterocycles. The molecule has 10 heteroatoms. The van der Waals surface area contributed by atoms with Gasteiger partial charge in [-0.1, -0.05) is 48.4 Å². The molecule has 5 rings (SSSR count). The third kappa shape index (κ3) is 5.26. The van der Waals surface area contributed by atoms with E-state index in [4.69, 9.17) is 26.9 Å². The lowest BCUT2D eigenvalue weighted by atomic mass is 9.66. The molecule has 0 radical (unpaired) electrons. The summed E-state index contributed by atoms with van der Waals surface area (Å²) in [6.45, 7) is 3.83. The van der Waals surface area contributed by atoms with Crippen molar-refractivity contribution in [2.24, 2.45) is 34.9 Å². The number of fused-ring (bicyclic) bond motifs is 2. The predicted octanol–water partition coefficient (Wildman–Crippen LogP) is 5.64. The molecule has 5 atom stereocenters. The molecular formula is C30H40ClF3N4O2. The molecule has 1 saturated heterocycles. The van der Waals surface area contributed by atoms with Crippen molar-refractivity contribution in [1.29, 1.82) is 0 Å². The third-order valence-corrected chi connectivity index (χ3v) is 9.94. The Morgan fingerprint density at radius 1 is 1.23 bits per heavy atom. The second-order valence-electron chi connectivity index (χ2n) is 11.7. The van der Waals surface area contributed by atoms with Crippen LogP contribution in [-0.4, -0.2) is 51.8 Å². The van der Waals surface area contributed by atoms with Crippen molar-refractivity contribution in [2.75, 3.05) is 34.4 Å². The van der Waals surface area contributed by atoms with Crippen LogP contribution in [0.25, 0.3) is 0 Å². The van der Waals surface area contributed by atoms with E-state index in [9.17, 15) is 13.2 Å². The second kappa shape index (κ2) is 11.2. The molecule has 2 aliphatic heterocycles. The summed E-state index contributed by atoms with van der Waals surface area (Å²) in [5.41, 5.74) is 4.06. The Labute approximate surface area is 239 Å². The van der Waals surface area contributed by atoms with Gasteiger partial charge in [0.15, 0.2) is 6.23 Å². The van der Waals surface area contributed by atoms with Gasteiger partial charge in [0, 0.05) is 68.5 Å². The van der Waals surface area contributed by atoms with Gasteiger partial charge in [-0.25, -0.2) is 5.84 Å². The molecule has 3 aliphatic carbocycles. The van der Waals surface area contributed by atoms with E-state index in [2.05, 4.69) is 29.7 Å². The highest BCUT2D eigenvalue weighted by Gasteiger charge is 2.62. The van der Waals surface area contributed by atoms with E-state index in [1.165, 1.54) is 6.08 Å². The predicted molar refractivity (Wildman–Crippen MR) is 150 cm³/mol. The van der Waals surface area contributed by atoms with E-state index in [1.807, 2.05) is 20.3 Å². The summed E-state index contributed by atoms with van der Waals surface area (Å²) in [7, 11) is 5.41. The number of hydrogen-bond acceptors (Lipinski definition) is 6. The summed E-state index contributed by atoms with van der Waals surface area (Å²) < 4.78 is 50.8. The van der Waals surface area contributed by atoms with E-state index in [-0.39, 0.29) is 11.8 Å². The first-order valence-corrected chi connectivity index (χ1v) is 14.4. The third-order valence-electron chi connectivity index (χ3n) is 9.49. The summed E-state index contributed by atoms with van der Waals surface area (Å²) in [4.78, 5) is 0. The number of rotatable bonds is 8. The van der Waals surface area contributed by atoms with Crippen LogP contribution in [0.1, 0.15) is 39.0 Å². The van der Waals surface area contributed by atoms with E-state index in [0.717, 1.165) is 54.2 Å². The van der Waals surface area contributed by atoms with Crippen molar-refractivity contribution in [2.45, 2.75) is 51.4 Å². The zero-order valence-electron chi connectivity index (χ0n) is 23.6. The average Bonchev–Trinajstić information content (AvgIpc) is 3.65. The number of ether oxygens (including phenoxy) is 2. The number of halogens is 4. The van der Waals surface area contributed by atoms with Crippen molar-refractivity contribution in [3.05, 3.63) is 69.2 Å². The molecule has 2 heterocycles. The normalized spacial score (nSPS) is 30.6. The van der Waals surface area contributed by atoms with Gasteiger partial charge < -0.3 is 25.1 Å². The Morgan fingerprint density at radius 3 is 2.50 bits per heavy atom. The lowest BCUT2D eigenvalue weighted by Crippen LogP contribution is -2.44. The Balaban J connectivity index is 1.46. The van der Waals surface area contributed by atoms with Crippen LogP contribution < -0.4 is 16.5 Å². The quantitative estimate of drug-likeness (QED) is 0.255. The van der Waals surface area contributed by atoms with Gasteiger partial charge in [0.05, 0.1) is 10.7 Å². The maximum Gasteiger partial charge on any atom is 0.412 e. The van der Waals surface area contributed by atoms with Crippen LogP contribution in [0.15, 0.2) is 69.2 Å². The average molecular weight is 581 g/mol. The number of methoxy groups -OCH3 is 1. The molecular weight excluding hydrogens is 541 g/mol. The minimum absolute atomic E-state index is 0.0204.